The number of nitrogens with two attached hydrogens (primary N) is 2. The van der Waals surface area contributed by atoms with E-state index in [-0.39, 0.29) is 17.9 Å². The molecule has 0 aliphatic carbocycles. The molecule has 6 atom stereocenters. The lowest BCUT2D eigenvalue weighted by Crippen LogP contribution is -2.60. The van der Waals surface area contributed by atoms with Crippen LogP contribution in [0, 0.1) is 0 Å². The lowest BCUT2D eigenvalue weighted by atomic mass is 10.1. The molecule has 1 rings (SSSR count). The van der Waals surface area contributed by atoms with Gasteiger partial charge in [0.25, 0.3) is 0 Å². The Bertz CT molecular complexity index is 1230. The van der Waals surface area contributed by atoms with Crippen LogP contribution in [0.4, 0.5) is 0 Å². The normalized spacial score (nSPS) is 14.8. The first-order chi connectivity index (χ1) is 21.1. The highest BCUT2D eigenvalue weighted by atomic mass is 32.1. The van der Waals surface area contributed by atoms with Crippen molar-refractivity contribution < 1.29 is 48.6 Å². The SMILES string of the molecule is C[C@H](NC(=O)[C@H](CCC(=O)O)NC(=O)[C@H](CS)NC(=O)[C@H](Cc1cnc[nH]1)NC(=O)[C@H](CS)NC(=O)[C@@H](N)CC(N)=O)C(=O)O. The van der Waals surface area contributed by atoms with E-state index in [4.69, 9.17) is 21.7 Å². The van der Waals surface area contributed by atoms with Crippen molar-refractivity contribution in [1.82, 2.24) is 36.6 Å². The number of aliphatic carboxylic acids is 2. The van der Waals surface area contributed by atoms with Crippen molar-refractivity contribution in [3.8, 4) is 0 Å². The molecule has 19 nitrogen and oxygen atoms in total. The van der Waals surface area contributed by atoms with Crippen LogP contribution in [-0.4, -0.2) is 115 Å². The molecule has 0 saturated heterocycles. The van der Waals surface area contributed by atoms with E-state index in [9.17, 15) is 38.4 Å². The van der Waals surface area contributed by atoms with Crippen LogP contribution < -0.4 is 38.1 Å². The molecule has 0 aliphatic rings. The van der Waals surface area contributed by atoms with Crippen LogP contribution in [0.3, 0.4) is 0 Å². The number of imidazole rings is 1. The molecule has 0 saturated carbocycles. The second kappa shape index (κ2) is 19.1. The van der Waals surface area contributed by atoms with E-state index in [2.05, 4.69) is 61.8 Å². The second-order valence-electron chi connectivity index (χ2n) is 9.67. The Kier molecular flexibility index (Phi) is 16.4. The van der Waals surface area contributed by atoms with Crippen LogP contribution >= 0.6 is 25.3 Å². The van der Waals surface area contributed by atoms with Gasteiger partial charge in [-0.15, -0.1) is 0 Å². The third-order valence-corrected chi connectivity index (χ3v) is 6.74. The number of carbonyl (C=O) groups excluding carboxylic acids is 6. The number of hydrogen-bond acceptors (Lipinski definition) is 12. The number of thiol groups is 2. The Balaban J connectivity index is 3.10. The van der Waals surface area contributed by atoms with Crippen LogP contribution in [0.1, 0.15) is 31.9 Å². The fraction of sp³-hybridized carbons (Fsp3) is 0.542. The van der Waals surface area contributed by atoms with Gasteiger partial charge in [-0.2, -0.15) is 25.3 Å². The van der Waals surface area contributed by atoms with E-state index >= 15 is 0 Å². The topological polar surface area (TPSA) is 318 Å². The molecular formula is C24H37N9O10S2. The van der Waals surface area contributed by atoms with E-state index in [0.29, 0.717) is 5.69 Å². The van der Waals surface area contributed by atoms with Gasteiger partial charge in [-0.3, -0.25) is 38.4 Å². The Labute approximate surface area is 267 Å². The average Bonchev–Trinajstić information content (AvgIpc) is 3.48. The zero-order valence-corrected chi connectivity index (χ0v) is 25.8. The monoisotopic (exact) mass is 675 g/mol. The van der Waals surface area contributed by atoms with Gasteiger partial charge in [-0.1, -0.05) is 0 Å². The van der Waals surface area contributed by atoms with Crippen LogP contribution in [0.25, 0.3) is 0 Å². The maximum atomic E-state index is 13.3. The average molecular weight is 676 g/mol. The Hall–Kier alpha value is -4.37. The first kappa shape index (κ1) is 38.7. The Morgan fingerprint density at radius 1 is 0.822 bits per heavy atom. The molecule has 250 valence electrons. The number of nitrogens with zero attached hydrogens (tertiary/aromatic N) is 1. The third kappa shape index (κ3) is 13.9. The van der Waals surface area contributed by atoms with Crippen LogP contribution in [-0.2, 0) is 44.8 Å². The first-order valence-electron chi connectivity index (χ1n) is 13.3. The highest BCUT2D eigenvalue weighted by Crippen LogP contribution is 2.05. The molecule has 6 amide bonds. The maximum absolute atomic E-state index is 13.3. The van der Waals surface area contributed by atoms with Gasteiger partial charge in [0.2, 0.25) is 35.4 Å². The summed E-state index contributed by atoms with van der Waals surface area (Å²) in [5.41, 5.74) is 11.1. The van der Waals surface area contributed by atoms with Gasteiger partial charge in [-0.05, 0) is 13.3 Å². The minimum Gasteiger partial charge on any atom is -0.481 e. The molecular weight excluding hydrogens is 638 g/mol. The Morgan fingerprint density at radius 2 is 1.31 bits per heavy atom. The van der Waals surface area contributed by atoms with Gasteiger partial charge < -0.3 is 53.2 Å². The van der Waals surface area contributed by atoms with Gasteiger partial charge >= 0.3 is 11.9 Å². The lowest BCUT2D eigenvalue weighted by Gasteiger charge is -2.26. The predicted octanol–water partition coefficient (Wildman–Crippen LogP) is -4.59. The van der Waals surface area contributed by atoms with E-state index in [1.807, 2.05) is 0 Å². The molecule has 45 heavy (non-hydrogen) atoms. The molecule has 0 radical (unpaired) electrons. The van der Waals surface area contributed by atoms with Gasteiger partial charge in [0, 0.05) is 36.2 Å². The lowest BCUT2D eigenvalue weighted by molar-refractivity contribution is -0.142. The number of nitrogens with one attached hydrogen (secondary N) is 6. The van der Waals surface area contributed by atoms with Crippen molar-refractivity contribution in [3.63, 3.8) is 0 Å². The largest absolute Gasteiger partial charge is 0.481 e. The highest BCUT2D eigenvalue weighted by molar-refractivity contribution is 7.80. The third-order valence-electron chi connectivity index (χ3n) is 6.01. The molecule has 12 N–H and O–H groups in total. The minimum absolute atomic E-state index is 0.163. The number of aromatic nitrogens is 2. The first-order valence-corrected chi connectivity index (χ1v) is 14.5. The van der Waals surface area contributed by atoms with E-state index in [0.717, 1.165) is 0 Å². The summed E-state index contributed by atoms with van der Waals surface area (Å²) in [7, 11) is 0. The van der Waals surface area contributed by atoms with Crippen LogP contribution in [0.2, 0.25) is 0 Å². The van der Waals surface area contributed by atoms with Crippen molar-refractivity contribution in [3.05, 3.63) is 18.2 Å². The number of carboxylic acids is 2. The fourth-order valence-corrected chi connectivity index (χ4v) is 4.05. The number of rotatable bonds is 20. The van der Waals surface area contributed by atoms with E-state index in [1.165, 1.54) is 19.4 Å². The number of aromatic amines is 1. The fourth-order valence-electron chi connectivity index (χ4n) is 3.53. The number of carboxylic acid groups (broad SMARTS) is 2. The molecule has 1 heterocycles. The second-order valence-corrected chi connectivity index (χ2v) is 10.4. The molecule has 0 aliphatic heterocycles. The number of H-pyrrole nitrogens is 1. The number of primary amides is 1. The molecule has 0 fully saturated rings. The standard InChI is InChI=1S/C24H37N9O10S2/c1-10(24(42)43)29-20(38)13(2-3-18(35)36)30-22(40)16(8-45)33-21(39)14(4-11-6-27-9-28-11)31-23(41)15(7-44)32-19(37)12(25)5-17(26)34/h6,9-10,12-16,44-45H,2-5,7-8,25H2,1H3,(H2,26,34)(H,27,28)(H,29,38)(H,30,40)(H,31,41)(H,32,37)(H,33,39)(H,35,36)(H,42,43)/t10-,12-,13-,14-,15-,16-/m0/s1. The highest BCUT2D eigenvalue weighted by Gasteiger charge is 2.32. The van der Waals surface area contributed by atoms with Crippen molar-refractivity contribution in [2.24, 2.45) is 11.5 Å². The summed E-state index contributed by atoms with van der Waals surface area (Å²) in [6, 6.07) is -8.25. The summed E-state index contributed by atoms with van der Waals surface area (Å²) in [5.74, 6) is -8.60. The van der Waals surface area contributed by atoms with Crippen molar-refractivity contribution in [2.45, 2.75) is 68.9 Å². The smallest absolute Gasteiger partial charge is 0.325 e. The van der Waals surface area contributed by atoms with Crippen LogP contribution in [0.15, 0.2) is 12.5 Å². The maximum Gasteiger partial charge on any atom is 0.325 e. The summed E-state index contributed by atoms with van der Waals surface area (Å²) >= 11 is 8.12. The molecule has 0 bridgehead atoms. The quantitative estimate of drug-likeness (QED) is 0.0581. The number of amides is 6. The molecule has 0 aromatic carbocycles. The van der Waals surface area contributed by atoms with Crippen molar-refractivity contribution >= 4 is 72.6 Å². The summed E-state index contributed by atoms with van der Waals surface area (Å²) < 4.78 is 0. The minimum atomic E-state index is -1.48. The van der Waals surface area contributed by atoms with Gasteiger partial charge in [0.1, 0.15) is 30.2 Å². The molecule has 21 heteroatoms. The molecule has 0 spiro atoms. The van der Waals surface area contributed by atoms with Gasteiger partial charge in [0.05, 0.1) is 18.8 Å². The molecule has 1 aromatic rings. The molecule has 1 aromatic heterocycles. The van der Waals surface area contributed by atoms with Crippen molar-refractivity contribution in [1.29, 1.82) is 0 Å². The van der Waals surface area contributed by atoms with E-state index < -0.39 is 103 Å². The summed E-state index contributed by atoms with van der Waals surface area (Å²) in [6.45, 7) is 1.17. The molecule has 0 unspecified atom stereocenters. The van der Waals surface area contributed by atoms with Gasteiger partial charge in [0.15, 0.2) is 0 Å². The Morgan fingerprint density at radius 3 is 1.78 bits per heavy atom. The number of hydrogen-bond donors (Lipinski definition) is 12. The summed E-state index contributed by atoms with van der Waals surface area (Å²) in [5, 5.41) is 29.7. The number of carbonyl (C=O) groups is 8. The van der Waals surface area contributed by atoms with E-state index in [1.54, 1.807) is 0 Å². The summed E-state index contributed by atoms with van der Waals surface area (Å²) in [6.07, 6.45) is 1.10. The van der Waals surface area contributed by atoms with Gasteiger partial charge in [-0.25, -0.2) is 4.98 Å². The van der Waals surface area contributed by atoms with Crippen LogP contribution in [0.5, 0.6) is 0 Å². The summed E-state index contributed by atoms with van der Waals surface area (Å²) in [4.78, 5) is 104. The zero-order chi connectivity index (χ0) is 34.3. The van der Waals surface area contributed by atoms with Crippen molar-refractivity contribution in [2.75, 3.05) is 11.5 Å². The zero-order valence-electron chi connectivity index (χ0n) is 24.0. The predicted molar refractivity (Wildman–Crippen MR) is 162 cm³/mol.